The zero-order chi connectivity index (χ0) is 16.0. The molecule has 0 saturated carbocycles. The monoisotopic (exact) mass is 298 g/mol. The minimum atomic E-state index is -0.878. The van der Waals surface area contributed by atoms with Crippen molar-refractivity contribution in [2.24, 2.45) is 0 Å². The van der Waals surface area contributed by atoms with Crippen molar-refractivity contribution < 1.29 is 20.1 Å². The molecule has 1 heterocycles. The molecule has 0 atom stereocenters. The lowest BCUT2D eigenvalue weighted by atomic mass is 10.2. The Kier molecular flexibility index (Phi) is 6.39. The largest absolute Gasteiger partial charge is 0.503 e. The highest BCUT2D eigenvalue weighted by molar-refractivity contribution is 5.66. The third-order valence-corrected chi connectivity index (χ3v) is 3.27. The standard InChI is InChI=1S/C14H22N2O5/c1-10-8-12(18)14(21)11(9-15(2)6-7-17)16(10)5-3-4-13(19)20/h8,17,21H,3-7,9H2,1-2H3,(H,19,20). The van der Waals surface area contributed by atoms with Crippen LogP contribution in [0, 0.1) is 6.92 Å². The number of hydrogen-bond acceptors (Lipinski definition) is 5. The van der Waals surface area contributed by atoms with E-state index in [1.165, 1.54) is 6.07 Å². The molecule has 0 bridgehead atoms. The molecule has 0 amide bonds. The van der Waals surface area contributed by atoms with Gasteiger partial charge in [-0.05, 0) is 20.4 Å². The molecule has 0 radical (unpaired) electrons. The molecule has 7 nitrogen and oxygen atoms in total. The van der Waals surface area contributed by atoms with Crippen molar-refractivity contribution in [3.63, 3.8) is 0 Å². The SMILES string of the molecule is Cc1cc(=O)c(O)c(CN(C)CCO)n1CCCC(=O)O. The van der Waals surface area contributed by atoms with E-state index in [2.05, 4.69) is 0 Å². The van der Waals surface area contributed by atoms with Crippen molar-refractivity contribution in [2.75, 3.05) is 20.2 Å². The summed E-state index contributed by atoms with van der Waals surface area (Å²) >= 11 is 0. The predicted octanol–water partition coefficient (Wildman–Crippen LogP) is 0.151. The van der Waals surface area contributed by atoms with E-state index in [0.717, 1.165) is 0 Å². The summed E-state index contributed by atoms with van der Waals surface area (Å²) < 4.78 is 1.76. The molecule has 21 heavy (non-hydrogen) atoms. The van der Waals surface area contributed by atoms with E-state index < -0.39 is 11.4 Å². The maximum Gasteiger partial charge on any atom is 0.303 e. The highest BCUT2D eigenvalue weighted by atomic mass is 16.4. The molecular formula is C14H22N2O5. The van der Waals surface area contributed by atoms with E-state index in [0.29, 0.717) is 37.4 Å². The van der Waals surface area contributed by atoms with Crippen LogP contribution in [0.4, 0.5) is 0 Å². The fourth-order valence-corrected chi connectivity index (χ4v) is 2.18. The van der Waals surface area contributed by atoms with Gasteiger partial charge in [-0.2, -0.15) is 0 Å². The maximum absolute atomic E-state index is 11.7. The zero-order valence-corrected chi connectivity index (χ0v) is 12.4. The van der Waals surface area contributed by atoms with Crippen molar-refractivity contribution in [1.29, 1.82) is 0 Å². The third kappa shape index (κ3) is 4.87. The van der Waals surface area contributed by atoms with Gasteiger partial charge in [-0.25, -0.2) is 0 Å². The van der Waals surface area contributed by atoms with Gasteiger partial charge < -0.3 is 19.9 Å². The Balaban J connectivity index is 3.05. The summed E-state index contributed by atoms with van der Waals surface area (Å²) in [6, 6.07) is 1.34. The molecule has 1 rings (SSSR count). The normalized spacial score (nSPS) is 11.0. The minimum Gasteiger partial charge on any atom is -0.503 e. The van der Waals surface area contributed by atoms with E-state index in [4.69, 9.17) is 10.2 Å². The minimum absolute atomic E-state index is 0.0215. The molecule has 0 aliphatic heterocycles. The first-order valence-electron chi connectivity index (χ1n) is 6.80. The lowest BCUT2D eigenvalue weighted by Crippen LogP contribution is -2.26. The van der Waals surface area contributed by atoms with E-state index in [1.807, 2.05) is 0 Å². The maximum atomic E-state index is 11.7. The van der Waals surface area contributed by atoms with Gasteiger partial charge in [-0.15, -0.1) is 0 Å². The Labute approximate surface area is 123 Å². The summed E-state index contributed by atoms with van der Waals surface area (Å²) in [7, 11) is 1.77. The first-order valence-corrected chi connectivity index (χ1v) is 6.80. The van der Waals surface area contributed by atoms with Crippen LogP contribution < -0.4 is 5.43 Å². The lowest BCUT2D eigenvalue weighted by Gasteiger charge is -2.22. The lowest BCUT2D eigenvalue weighted by molar-refractivity contribution is -0.137. The van der Waals surface area contributed by atoms with E-state index in [1.54, 1.807) is 23.4 Å². The van der Waals surface area contributed by atoms with Crippen LogP contribution in [0.2, 0.25) is 0 Å². The van der Waals surface area contributed by atoms with Crippen LogP contribution in [0.25, 0.3) is 0 Å². The summed E-state index contributed by atoms with van der Waals surface area (Å²) in [6.45, 7) is 2.85. The molecule has 118 valence electrons. The topological polar surface area (TPSA) is 103 Å². The number of aromatic nitrogens is 1. The number of aliphatic hydroxyl groups is 1. The van der Waals surface area contributed by atoms with Gasteiger partial charge in [-0.3, -0.25) is 14.5 Å². The van der Waals surface area contributed by atoms with Gasteiger partial charge >= 0.3 is 5.97 Å². The summed E-state index contributed by atoms with van der Waals surface area (Å²) in [6.07, 6.45) is 0.438. The summed E-state index contributed by atoms with van der Waals surface area (Å²) in [5.41, 5.74) is 0.673. The quantitative estimate of drug-likeness (QED) is 0.631. The second kappa shape index (κ2) is 7.80. The number of aliphatic carboxylic acids is 1. The van der Waals surface area contributed by atoms with E-state index in [-0.39, 0.29) is 18.8 Å². The number of hydrogen-bond donors (Lipinski definition) is 3. The number of aryl methyl sites for hydroxylation is 1. The first kappa shape index (κ1) is 17.2. The molecule has 1 aromatic heterocycles. The molecule has 0 spiro atoms. The Morgan fingerprint density at radius 2 is 2.10 bits per heavy atom. The Hall–Kier alpha value is -1.86. The van der Waals surface area contributed by atoms with E-state index in [9.17, 15) is 14.7 Å². The smallest absolute Gasteiger partial charge is 0.303 e. The molecule has 3 N–H and O–H groups in total. The third-order valence-electron chi connectivity index (χ3n) is 3.27. The van der Waals surface area contributed by atoms with Crippen molar-refractivity contribution >= 4 is 5.97 Å². The van der Waals surface area contributed by atoms with Crippen molar-refractivity contribution in [2.45, 2.75) is 32.9 Å². The fourth-order valence-electron chi connectivity index (χ4n) is 2.18. The van der Waals surface area contributed by atoms with Gasteiger partial charge in [0.05, 0.1) is 12.3 Å². The van der Waals surface area contributed by atoms with E-state index >= 15 is 0 Å². The number of carboxylic acid groups (broad SMARTS) is 1. The summed E-state index contributed by atoms with van der Waals surface area (Å²) in [5, 5.41) is 27.6. The number of carbonyl (C=O) groups is 1. The fraction of sp³-hybridized carbons (Fsp3) is 0.571. The number of aromatic hydroxyl groups is 1. The van der Waals surface area contributed by atoms with Gasteiger partial charge in [0.2, 0.25) is 5.43 Å². The van der Waals surface area contributed by atoms with Gasteiger partial charge in [-0.1, -0.05) is 0 Å². The van der Waals surface area contributed by atoms with Crippen LogP contribution in [0.3, 0.4) is 0 Å². The highest BCUT2D eigenvalue weighted by Gasteiger charge is 2.15. The number of rotatable bonds is 8. The van der Waals surface area contributed by atoms with Crippen LogP contribution in [0.1, 0.15) is 24.2 Å². The number of likely N-dealkylation sites (N-methyl/N-ethyl adjacent to an activating group) is 1. The van der Waals surface area contributed by atoms with Gasteiger partial charge in [0.25, 0.3) is 0 Å². The van der Waals surface area contributed by atoms with Crippen LogP contribution in [-0.4, -0.2) is 51.0 Å². The van der Waals surface area contributed by atoms with Gasteiger partial charge in [0, 0.05) is 37.8 Å². The number of nitrogens with zero attached hydrogens (tertiary/aromatic N) is 2. The molecule has 0 saturated heterocycles. The van der Waals surface area contributed by atoms with Crippen molar-refractivity contribution in [3.8, 4) is 5.75 Å². The molecule has 0 aliphatic carbocycles. The van der Waals surface area contributed by atoms with Crippen LogP contribution in [-0.2, 0) is 17.9 Å². The van der Waals surface area contributed by atoms with Gasteiger partial charge in [0.1, 0.15) is 0 Å². The van der Waals surface area contributed by atoms with Crippen LogP contribution in [0.15, 0.2) is 10.9 Å². The Morgan fingerprint density at radius 1 is 1.43 bits per heavy atom. The number of aliphatic hydroxyl groups excluding tert-OH is 1. The second-order valence-corrected chi connectivity index (χ2v) is 5.06. The first-order chi connectivity index (χ1) is 9.86. The molecule has 0 fully saturated rings. The second-order valence-electron chi connectivity index (χ2n) is 5.06. The Morgan fingerprint density at radius 3 is 2.67 bits per heavy atom. The van der Waals surface area contributed by atoms with Crippen LogP contribution >= 0.6 is 0 Å². The number of carboxylic acids is 1. The van der Waals surface area contributed by atoms with Crippen molar-refractivity contribution in [1.82, 2.24) is 9.47 Å². The number of pyridine rings is 1. The molecule has 7 heteroatoms. The van der Waals surface area contributed by atoms with Crippen LogP contribution in [0.5, 0.6) is 5.75 Å². The molecular weight excluding hydrogens is 276 g/mol. The highest BCUT2D eigenvalue weighted by Crippen LogP contribution is 2.17. The predicted molar refractivity (Wildman–Crippen MR) is 77.4 cm³/mol. The summed E-state index contributed by atoms with van der Waals surface area (Å²) in [4.78, 5) is 24.1. The molecule has 0 aromatic carbocycles. The molecule has 0 aliphatic rings. The average molecular weight is 298 g/mol. The average Bonchev–Trinajstić information content (AvgIpc) is 2.39. The molecule has 0 unspecified atom stereocenters. The molecule has 1 aromatic rings. The summed E-state index contributed by atoms with van der Waals surface area (Å²) in [5.74, 6) is -1.20. The zero-order valence-electron chi connectivity index (χ0n) is 12.4. The Bertz CT molecular complexity index is 553. The van der Waals surface area contributed by atoms with Gasteiger partial charge in [0.15, 0.2) is 5.75 Å². The van der Waals surface area contributed by atoms with Crippen molar-refractivity contribution in [3.05, 3.63) is 27.7 Å².